The van der Waals surface area contributed by atoms with Gasteiger partial charge in [-0.1, -0.05) is 58.9 Å². The normalized spacial score (nSPS) is 16.4. The van der Waals surface area contributed by atoms with E-state index in [0.29, 0.717) is 17.2 Å². The van der Waals surface area contributed by atoms with Gasteiger partial charge in [0.25, 0.3) is 15.9 Å². The van der Waals surface area contributed by atoms with Gasteiger partial charge in [0, 0.05) is 30.8 Å². The van der Waals surface area contributed by atoms with Crippen molar-refractivity contribution in [2.45, 2.75) is 65.9 Å². The first kappa shape index (κ1) is 33.8. The summed E-state index contributed by atoms with van der Waals surface area (Å²) in [5.41, 5.74) is 4.18. The molecule has 0 fully saturated rings. The quantitative estimate of drug-likeness (QED) is 0.270. The lowest BCUT2D eigenvalue weighted by Crippen LogP contribution is -2.46. The van der Waals surface area contributed by atoms with E-state index in [4.69, 9.17) is 9.72 Å². The molecule has 1 aliphatic heterocycles. The maximum Gasteiger partial charge on any atom is 0.264 e. The Morgan fingerprint density at radius 3 is 2.40 bits per heavy atom. The SMILES string of the molecule is Cc1cccc(C)c1-c1cc2nc(n1)NS(=O)(=O)c1cccc(c1)C(=O)N(Cc1cncc(N(C)CC(C)(C)C)n1)[C@H](C(C)C)CO2. The summed E-state index contributed by atoms with van der Waals surface area (Å²) in [6, 6.07) is 13.2. The van der Waals surface area contributed by atoms with E-state index in [2.05, 4.69) is 40.4 Å². The van der Waals surface area contributed by atoms with Gasteiger partial charge < -0.3 is 14.5 Å². The van der Waals surface area contributed by atoms with Gasteiger partial charge in [-0.3, -0.25) is 9.78 Å². The molecular formula is C35H43N7O4S. The second kappa shape index (κ2) is 13.3. The Morgan fingerprint density at radius 2 is 1.72 bits per heavy atom. The number of nitrogens with zero attached hydrogens (tertiary/aromatic N) is 6. The van der Waals surface area contributed by atoms with E-state index < -0.39 is 16.1 Å². The maximum absolute atomic E-state index is 14.3. The molecular weight excluding hydrogens is 614 g/mol. The molecule has 0 spiro atoms. The molecule has 0 radical (unpaired) electrons. The summed E-state index contributed by atoms with van der Waals surface area (Å²) >= 11 is 0. The van der Waals surface area contributed by atoms with Crippen LogP contribution in [-0.2, 0) is 16.6 Å². The van der Waals surface area contributed by atoms with Gasteiger partial charge in [0.15, 0.2) is 0 Å². The van der Waals surface area contributed by atoms with Crippen LogP contribution in [0.5, 0.6) is 5.88 Å². The van der Waals surface area contributed by atoms with E-state index in [1.165, 1.54) is 12.1 Å². The zero-order valence-electron chi connectivity index (χ0n) is 28.3. The molecule has 0 aliphatic carbocycles. The number of fused-ring (bicyclic) bond motifs is 4. The van der Waals surface area contributed by atoms with Gasteiger partial charge >= 0.3 is 0 Å². The first-order valence-corrected chi connectivity index (χ1v) is 17.1. The molecule has 1 aliphatic rings. The van der Waals surface area contributed by atoms with Crippen LogP contribution in [0.4, 0.5) is 11.8 Å². The number of hydrogen-bond donors (Lipinski definition) is 1. The molecule has 4 bridgehead atoms. The highest BCUT2D eigenvalue weighted by molar-refractivity contribution is 7.92. The molecule has 11 nitrogen and oxygen atoms in total. The first-order valence-electron chi connectivity index (χ1n) is 15.7. The van der Waals surface area contributed by atoms with Crippen molar-refractivity contribution >= 4 is 27.7 Å². The third-order valence-corrected chi connectivity index (χ3v) is 9.32. The maximum atomic E-state index is 14.3. The van der Waals surface area contributed by atoms with Crippen LogP contribution < -0.4 is 14.4 Å². The monoisotopic (exact) mass is 657 g/mol. The highest BCUT2D eigenvalue weighted by Crippen LogP contribution is 2.31. The lowest BCUT2D eigenvalue weighted by atomic mass is 9.96. The number of nitrogens with one attached hydrogen (secondary N) is 1. The van der Waals surface area contributed by atoms with Gasteiger partial charge in [-0.15, -0.1) is 0 Å². The van der Waals surface area contributed by atoms with Crippen molar-refractivity contribution in [2.24, 2.45) is 11.3 Å². The Labute approximate surface area is 277 Å². The van der Waals surface area contributed by atoms with Crippen molar-refractivity contribution < 1.29 is 17.9 Å². The fourth-order valence-corrected chi connectivity index (χ4v) is 6.80. The van der Waals surface area contributed by atoms with Gasteiger partial charge in [0.2, 0.25) is 11.8 Å². The fraction of sp³-hybridized carbons (Fsp3) is 0.400. The van der Waals surface area contributed by atoms with Crippen molar-refractivity contribution in [3.63, 3.8) is 0 Å². The minimum Gasteiger partial charge on any atom is -0.475 e. The fourth-order valence-electron chi connectivity index (χ4n) is 5.81. The molecule has 4 aromatic rings. The minimum absolute atomic E-state index is 0.0387. The lowest BCUT2D eigenvalue weighted by molar-refractivity contribution is 0.0501. The van der Waals surface area contributed by atoms with Crippen molar-refractivity contribution in [3.8, 4) is 17.1 Å². The number of sulfonamides is 1. The van der Waals surface area contributed by atoms with Crippen LogP contribution in [0.1, 0.15) is 61.8 Å². The molecule has 0 unspecified atom stereocenters. The summed E-state index contributed by atoms with van der Waals surface area (Å²) < 4.78 is 36.1. The number of aromatic nitrogens is 4. The second-order valence-corrected chi connectivity index (χ2v) is 15.3. The molecule has 0 saturated heterocycles. The van der Waals surface area contributed by atoms with Crippen molar-refractivity contribution in [1.82, 2.24) is 24.8 Å². The molecule has 1 amide bonds. The number of hydrogen-bond acceptors (Lipinski definition) is 9. The molecule has 2 aromatic carbocycles. The average molecular weight is 658 g/mol. The third kappa shape index (κ3) is 7.87. The van der Waals surface area contributed by atoms with Crippen LogP contribution in [0.15, 0.2) is 65.8 Å². The van der Waals surface area contributed by atoms with Crippen LogP contribution in [0.2, 0.25) is 0 Å². The van der Waals surface area contributed by atoms with E-state index >= 15 is 0 Å². The Kier molecular flexibility index (Phi) is 9.53. The van der Waals surface area contributed by atoms with Crippen molar-refractivity contribution in [1.29, 1.82) is 0 Å². The van der Waals surface area contributed by atoms with Crippen LogP contribution in [0.25, 0.3) is 11.3 Å². The molecule has 3 heterocycles. The molecule has 5 rings (SSSR count). The Balaban J connectivity index is 1.61. The Bertz CT molecular complexity index is 1870. The van der Waals surface area contributed by atoms with E-state index in [0.717, 1.165) is 23.2 Å². The highest BCUT2D eigenvalue weighted by atomic mass is 32.2. The largest absolute Gasteiger partial charge is 0.475 e. The van der Waals surface area contributed by atoms with E-state index in [-0.39, 0.29) is 52.7 Å². The highest BCUT2D eigenvalue weighted by Gasteiger charge is 2.31. The van der Waals surface area contributed by atoms with Gasteiger partial charge in [0.05, 0.1) is 41.3 Å². The first-order chi connectivity index (χ1) is 22.1. The Morgan fingerprint density at radius 1 is 1.02 bits per heavy atom. The number of anilines is 2. The van der Waals surface area contributed by atoms with Crippen molar-refractivity contribution in [2.75, 3.05) is 29.8 Å². The van der Waals surface area contributed by atoms with Gasteiger partial charge in [0.1, 0.15) is 12.4 Å². The standard InChI is InChI=1S/C35H43N7O4S/c1-22(2)29-20-46-31-16-28(32-23(3)11-9-12-24(32)4)38-34(39-31)40-47(44,45)27-14-10-13-25(15-27)33(43)42(29)19-26-17-36-18-30(37-26)41(8)21-35(5,6)7/h9-18,22,29H,19-21H2,1-8H3,(H,38,39,40)/t29-/m0/s1. The number of amides is 1. The molecule has 47 heavy (non-hydrogen) atoms. The summed E-state index contributed by atoms with van der Waals surface area (Å²) in [6.07, 6.45) is 3.36. The summed E-state index contributed by atoms with van der Waals surface area (Å²) in [4.78, 5) is 36.3. The summed E-state index contributed by atoms with van der Waals surface area (Å²) in [5.74, 6) is 0.353. The number of ether oxygens (including phenoxy) is 1. The molecule has 1 atom stereocenters. The summed E-state index contributed by atoms with van der Waals surface area (Å²) in [5, 5.41) is 0. The number of carbonyl (C=O) groups is 1. The molecule has 12 heteroatoms. The number of rotatable bonds is 6. The topological polar surface area (TPSA) is 131 Å². The van der Waals surface area contributed by atoms with Crippen LogP contribution in [0, 0.1) is 25.2 Å². The molecule has 2 aromatic heterocycles. The van der Waals surface area contributed by atoms with E-state index in [1.807, 2.05) is 57.8 Å². The number of carbonyl (C=O) groups excluding carboxylic acids is 1. The summed E-state index contributed by atoms with van der Waals surface area (Å²) in [7, 11) is -2.20. The molecule has 1 N–H and O–H groups in total. The van der Waals surface area contributed by atoms with Crippen LogP contribution >= 0.6 is 0 Å². The molecule has 0 saturated carbocycles. The third-order valence-electron chi connectivity index (χ3n) is 8.00. The van der Waals surface area contributed by atoms with Gasteiger partial charge in [-0.25, -0.2) is 23.1 Å². The van der Waals surface area contributed by atoms with Gasteiger partial charge in [-0.2, -0.15) is 4.98 Å². The molecule has 248 valence electrons. The minimum atomic E-state index is -4.17. The number of benzene rings is 2. The number of aryl methyl sites for hydroxylation is 2. The zero-order chi connectivity index (χ0) is 34.1. The predicted molar refractivity (Wildman–Crippen MR) is 183 cm³/mol. The van der Waals surface area contributed by atoms with Crippen molar-refractivity contribution in [3.05, 3.63) is 83.3 Å². The van der Waals surface area contributed by atoms with Gasteiger partial charge in [-0.05, 0) is 54.5 Å². The average Bonchev–Trinajstić information content (AvgIpc) is 2.99. The Hall–Kier alpha value is -4.58. The second-order valence-electron chi connectivity index (χ2n) is 13.7. The predicted octanol–water partition coefficient (Wildman–Crippen LogP) is 5.89. The lowest BCUT2D eigenvalue weighted by Gasteiger charge is -2.34. The smallest absolute Gasteiger partial charge is 0.264 e. The zero-order valence-corrected chi connectivity index (χ0v) is 29.1. The van der Waals surface area contributed by atoms with E-state index in [9.17, 15) is 13.2 Å². The van der Waals surface area contributed by atoms with Crippen LogP contribution in [0.3, 0.4) is 0 Å². The van der Waals surface area contributed by atoms with E-state index in [1.54, 1.807) is 35.5 Å². The summed E-state index contributed by atoms with van der Waals surface area (Å²) in [6.45, 7) is 15.4. The van der Waals surface area contributed by atoms with Crippen LogP contribution in [-0.4, -0.2) is 65.4 Å².